The second kappa shape index (κ2) is 7.87. The van der Waals surface area contributed by atoms with Crippen LogP contribution in [0.5, 0.6) is 5.75 Å². The van der Waals surface area contributed by atoms with Gasteiger partial charge in [-0.25, -0.2) is 4.98 Å². The Labute approximate surface area is 190 Å². The first-order valence-electron chi connectivity index (χ1n) is 11.8. The number of nitrogen functional groups attached to an aromatic ring is 1. The van der Waals surface area contributed by atoms with Crippen molar-refractivity contribution in [3.8, 4) is 17.0 Å². The maximum absolute atomic E-state index is 12.8. The monoisotopic (exact) mass is 463 g/mol. The van der Waals surface area contributed by atoms with Gasteiger partial charge in [0, 0.05) is 49.0 Å². The third-order valence-electron chi connectivity index (χ3n) is 7.67. The van der Waals surface area contributed by atoms with E-state index < -0.39 is 12.1 Å². The molecule has 6 rings (SSSR count). The predicted octanol–water partition coefficient (Wildman–Crippen LogP) is 3.66. The summed E-state index contributed by atoms with van der Waals surface area (Å²) in [5.74, 6) is 1.66. The molecule has 1 saturated heterocycles. The number of ether oxygens (including phenoxy) is 2. The summed E-state index contributed by atoms with van der Waals surface area (Å²) in [6.45, 7) is 4.55. The molecule has 2 N–H and O–H groups in total. The largest absolute Gasteiger partial charge is 0.573 e. The fourth-order valence-corrected chi connectivity index (χ4v) is 5.83. The Morgan fingerprint density at radius 2 is 1.85 bits per heavy atom. The number of hydrogen-bond donors (Lipinski definition) is 1. The maximum atomic E-state index is 12.8. The van der Waals surface area contributed by atoms with Crippen LogP contribution < -0.4 is 10.5 Å². The number of anilines is 1. The SMILES string of the molecule is Nc1ncc(-c2cc([C@@H]3[C@@H]4C[C@@H](N5CCOCC5)C[C@@H]43)n(CC3CC3)n2)cc1OC(F)(F)F. The lowest BCUT2D eigenvalue weighted by molar-refractivity contribution is -0.274. The molecular formula is C23H28F3N5O2. The van der Waals surface area contributed by atoms with Crippen LogP contribution >= 0.6 is 0 Å². The minimum atomic E-state index is -4.83. The molecule has 2 aromatic heterocycles. The van der Waals surface area contributed by atoms with E-state index in [0.29, 0.717) is 41.0 Å². The number of alkyl halides is 3. The highest BCUT2D eigenvalue weighted by Crippen LogP contribution is 2.64. The van der Waals surface area contributed by atoms with E-state index in [0.717, 1.165) is 32.8 Å². The first-order valence-corrected chi connectivity index (χ1v) is 11.8. The van der Waals surface area contributed by atoms with Crippen LogP contribution in [0.1, 0.15) is 37.3 Å². The Kier molecular flexibility index (Phi) is 5.06. The van der Waals surface area contributed by atoms with Gasteiger partial charge in [0.05, 0.1) is 18.9 Å². The number of aromatic nitrogens is 3. The minimum absolute atomic E-state index is 0.292. The Morgan fingerprint density at radius 3 is 2.52 bits per heavy atom. The molecule has 4 fully saturated rings. The summed E-state index contributed by atoms with van der Waals surface area (Å²) in [6.07, 6.45) is 1.46. The van der Waals surface area contributed by atoms with Gasteiger partial charge in [0.2, 0.25) is 0 Å². The zero-order chi connectivity index (χ0) is 22.7. The second-order valence-electron chi connectivity index (χ2n) is 9.86. The third kappa shape index (κ3) is 4.30. The summed E-state index contributed by atoms with van der Waals surface area (Å²) >= 11 is 0. The Balaban J connectivity index is 1.23. The third-order valence-corrected chi connectivity index (χ3v) is 7.67. The zero-order valence-corrected chi connectivity index (χ0v) is 18.3. The van der Waals surface area contributed by atoms with Crippen LogP contribution in [0, 0.1) is 17.8 Å². The van der Waals surface area contributed by atoms with Crippen molar-refractivity contribution in [2.24, 2.45) is 17.8 Å². The molecule has 3 aliphatic carbocycles. The number of nitrogens with two attached hydrogens (primary N) is 1. The Morgan fingerprint density at radius 1 is 1.12 bits per heavy atom. The van der Waals surface area contributed by atoms with Gasteiger partial charge in [-0.05, 0) is 55.6 Å². The molecule has 0 amide bonds. The van der Waals surface area contributed by atoms with Gasteiger partial charge in [-0.1, -0.05) is 0 Å². The molecule has 7 nitrogen and oxygen atoms in total. The van der Waals surface area contributed by atoms with Crippen LogP contribution in [-0.2, 0) is 11.3 Å². The van der Waals surface area contributed by atoms with Crippen LogP contribution in [0.2, 0.25) is 0 Å². The highest BCUT2D eigenvalue weighted by atomic mass is 19.4. The van der Waals surface area contributed by atoms with Gasteiger partial charge >= 0.3 is 6.36 Å². The van der Waals surface area contributed by atoms with Crippen molar-refractivity contribution < 1.29 is 22.6 Å². The lowest BCUT2D eigenvalue weighted by Crippen LogP contribution is -2.43. The first kappa shape index (κ1) is 21.2. The molecule has 178 valence electrons. The number of morpholine rings is 1. The highest BCUT2D eigenvalue weighted by Gasteiger charge is 2.58. The molecule has 3 saturated carbocycles. The second-order valence-corrected chi connectivity index (χ2v) is 9.86. The van der Waals surface area contributed by atoms with Crippen molar-refractivity contribution in [3.05, 3.63) is 24.0 Å². The zero-order valence-electron chi connectivity index (χ0n) is 18.3. The van der Waals surface area contributed by atoms with Crippen molar-refractivity contribution in [2.45, 2.75) is 50.6 Å². The molecule has 0 unspecified atom stereocenters. The van der Waals surface area contributed by atoms with Crippen molar-refractivity contribution in [2.75, 3.05) is 32.0 Å². The van der Waals surface area contributed by atoms with Gasteiger partial charge in [-0.2, -0.15) is 5.10 Å². The summed E-state index contributed by atoms with van der Waals surface area (Å²) in [7, 11) is 0. The number of halogens is 3. The molecule has 1 aliphatic heterocycles. The molecule has 0 radical (unpaired) electrons. The summed E-state index contributed by atoms with van der Waals surface area (Å²) < 4.78 is 49.9. The summed E-state index contributed by atoms with van der Waals surface area (Å²) in [4.78, 5) is 6.49. The van der Waals surface area contributed by atoms with Crippen molar-refractivity contribution in [1.82, 2.24) is 19.7 Å². The van der Waals surface area contributed by atoms with E-state index >= 15 is 0 Å². The van der Waals surface area contributed by atoms with Gasteiger partial charge in [0.1, 0.15) is 0 Å². The molecule has 3 heterocycles. The van der Waals surface area contributed by atoms with E-state index in [4.69, 9.17) is 15.6 Å². The van der Waals surface area contributed by atoms with E-state index in [1.165, 1.54) is 43.6 Å². The lowest BCUT2D eigenvalue weighted by atomic mass is 10.0. The molecule has 0 spiro atoms. The quantitative estimate of drug-likeness (QED) is 0.705. The fourth-order valence-electron chi connectivity index (χ4n) is 5.83. The molecular weight excluding hydrogens is 435 g/mol. The summed E-state index contributed by atoms with van der Waals surface area (Å²) in [5.41, 5.74) is 7.92. The van der Waals surface area contributed by atoms with Crippen LogP contribution in [0.4, 0.5) is 19.0 Å². The van der Waals surface area contributed by atoms with E-state index in [1.807, 2.05) is 6.07 Å². The molecule has 4 atom stereocenters. The summed E-state index contributed by atoms with van der Waals surface area (Å²) in [6, 6.07) is 3.97. The average molecular weight is 464 g/mol. The topological polar surface area (TPSA) is 78.4 Å². The van der Waals surface area contributed by atoms with Crippen LogP contribution in [0.15, 0.2) is 18.3 Å². The Bertz CT molecular complexity index is 1020. The van der Waals surface area contributed by atoms with Gasteiger partial charge in [-0.15, -0.1) is 13.2 Å². The molecule has 0 bridgehead atoms. The standard InChI is InChI=1S/C23H28F3N5O2/c24-23(25,26)33-20-7-14(11-28-22(20)27)18-10-19(31(29-18)12-13-1-2-13)21-16-8-15(9-17(16)21)30-3-5-32-6-4-30/h7,10-11,13,15-17,21H,1-6,8-9,12H2,(H2,27,28)/t15-,16-,17+,21-. The number of rotatable bonds is 6. The van der Waals surface area contributed by atoms with Gasteiger partial charge in [0.25, 0.3) is 0 Å². The van der Waals surface area contributed by atoms with E-state index in [1.54, 1.807) is 0 Å². The van der Waals surface area contributed by atoms with Crippen molar-refractivity contribution in [1.29, 1.82) is 0 Å². The van der Waals surface area contributed by atoms with Gasteiger partial charge in [-0.3, -0.25) is 9.58 Å². The van der Waals surface area contributed by atoms with Gasteiger partial charge < -0.3 is 15.2 Å². The smallest absolute Gasteiger partial charge is 0.402 e. The first-order chi connectivity index (χ1) is 15.9. The minimum Gasteiger partial charge on any atom is -0.402 e. The molecule has 33 heavy (non-hydrogen) atoms. The van der Waals surface area contributed by atoms with Gasteiger partial charge in [0.15, 0.2) is 11.6 Å². The highest BCUT2D eigenvalue weighted by molar-refractivity contribution is 5.64. The van der Waals surface area contributed by atoms with Crippen LogP contribution in [0.25, 0.3) is 11.3 Å². The number of fused-ring (bicyclic) bond motifs is 1. The molecule has 10 heteroatoms. The van der Waals surface area contributed by atoms with Crippen molar-refractivity contribution >= 4 is 5.82 Å². The Hall–Kier alpha value is -2.33. The molecule has 2 aromatic rings. The lowest BCUT2D eigenvalue weighted by Gasteiger charge is -2.33. The molecule has 4 aliphatic rings. The number of hydrogen-bond acceptors (Lipinski definition) is 6. The van der Waals surface area contributed by atoms with Crippen LogP contribution in [0.3, 0.4) is 0 Å². The normalized spacial score (nSPS) is 29.8. The number of pyridine rings is 1. The van der Waals surface area contributed by atoms with E-state index in [2.05, 4.69) is 19.3 Å². The van der Waals surface area contributed by atoms with Crippen molar-refractivity contribution in [3.63, 3.8) is 0 Å². The van der Waals surface area contributed by atoms with Crippen LogP contribution in [-0.4, -0.2) is 58.4 Å². The fraction of sp³-hybridized carbons (Fsp3) is 0.652. The average Bonchev–Trinajstić information content (AvgIpc) is 3.62. The maximum Gasteiger partial charge on any atom is 0.573 e. The van der Waals surface area contributed by atoms with E-state index in [-0.39, 0.29) is 5.82 Å². The summed E-state index contributed by atoms with van der Waals surface area (Å²) in [5, 5.41) is 4.80. The predicted molar refractivity (Wildman–Crippen MR) is 114 cm³/mol. The van der Waals surface area contributed by atoms with E-state index in [9.17, 15) is 13.2 Å². The molecule has 0 aromatic carbocycles. The number of nitrogens with zero attached hydrogens (tertiary/aromatic N) is 4.